The highest BCUT2D eigenvalue weighted by Crippen LogP contribution is 2.41. The van der Waals surface area contributed by atoms with Crippen molar-refractivity contribution in [2.75, 3.05) is 0 Å². The van der Waals surface area contributed by atoms with Gasteiger partial charge in [0.15, 0.2) is 0 Å². The van der Waals surface area contributed by atoms with E-state index in [1.54, 1.807) is 0 Å². The highest BCUT2D eigenvalue weighted by molar-refractivity contribution is 5.67. The van der Waals surface area contributed by atoms with Crippen LogP contribution in [0, 0.1) is 11.8 Å². The fraction of sp³-hybridized carbons (Fsp3) is 0.938. The van der Waals surface area contributed by atoms with E-state index in [1.807, 2.05) is 0 Å². The Balaban J connectivity index is 1.89. The molecule has 2 heterocycles. The van der Waals surface area contributed by atoms with Gasteiger partial charge in [0.2, 0.25) is 0 Å². The minimum Gasteiger partial charge on any atom is -0.481 e. The number of hydrogen-bond donors (Lipinski definition) is 1. The first-order valence-corrected chi connectivity index (χ1v) is 7.96. The molecule has 0 aromatic rings. The van der Waals surface area contributed by atoms with Crippen LogP contribution in [-0.2, 0) is 4.79 Å². The van der Waals surface area contributed by atoms with Gasteiger partial charge in [-0.05, 0) is 57.3 Å². The topological polar surface area (TPSA) is 40.5 Å². The lowest BCUT2D eigenvalue weighted by Gasteiger charge is -2.42. The molecule has 2 bridgehead atoms. The van der Waals surface area contributed by atoms with Crippen LogP contribution in [0.15, 0.2) is 0 Å². The van der Waals surface area contributed by atoms with Crippen molar-refractivity contribution in [2.45, 2.75) is 83.8 Å². The lowest BCUT2D eigenvalue weighted by atomic mass is 9.86. The van der Waals surface area contributed by atoms with Crippen molar-refractivity contribution in [2.24, 2.45) is 11.8 Å². The van der Waals surface area contributed by atoms with E-state index in [2.05, 4.69) is 25.7 Å². The maximum atomic E-state index is 10.9. The molecule has 2 aliphatic heterocycles. The number of carbonyl (C=O) groups is 1. The van der Waals surface area contributed by atoms with E-state index in [-0.39, 0.29) is 0 Å². The molecular weight excluding hydrogens is 238 g/mol. The van der Waals surface area contributed by atoms with E-state index in [9.17, 15) is 4.79 Å². The molecule has 0 aromatic heterocycles. The Kier molecular flexibility index (Phi) is 4.88. The molecule has 0 spiro atoms. The van der Waals surface area contributed by atoms with Crippen molar-refractivity contribution in [3.8, 4) is 0 Å². The molecule has 0 aromatic carbocycles. The number of rotatable bonds is 6. The van der Waals surface area contributed by atoms with E-state index >= 15 is 0 Å². The van der Waals surface area contributed by atoms with Crippen LogP contribution in [0.3, 0.4) is 0 Å². The summed E-state index contributed by atoms with van der Waals surface area (Å²) in [4.78, 5) is 13.6. The lowest BCUT2D eigenvalue weighted by Crippen LogP contribution is -2.48. The number of aliphatic carboxylic acids is 1. The van der Waals surface area contributed by atoms with Crippen molar-refractivity contribution in [3.63, 3.8) is 0 Å². The van der Waals surface area contributed by atoms with E-state index in [0.29, 0.717) is 30.5 Å². The van der Waals surface area contributed by atoms with E-state index in [0.717, 1.165) is 18.8 Å². The molecule has 2 rings (SSSR count). The normalized spacial score (nSPS) is 32.7. The number of nitrogens with zero attached hydrogens (tertiary/aromatic N) is 1. The summed E-state index contributed by atoms with van der Waals surface area (Å²) in [6.07, 6.45) is 7.74. The maximum absolute atomic E-state index is 10.9. The quantitative estimate of drug-likeness (QED) is 0.800. The lowest BCUT2D eigenvalue weighted by molar-refractivity contribution is -0.138. The summed E-state index contributed by atoms with van der Waals surface area (Å²) in [5.41, 5.74) is 0. The van der Waals surface area contributed by atoms with Crippen molar-refractivity contribution >= 4 is 5.97 Å². The van der Waals surface area contributed by atoms with Gasteiger partial charge in [-0.3, -0.25) is 9.69 Å². The SMILES string of the molecule is CC(C)CCC(C)N1C2CCC1CC(CC(=O)O)C2. The Morgan fingerprint density at radius 2 is 1.74 bits per heavy atom. The molecule has 3 unspecified atom stereocenters. The molecule has 19 heavy (non-hydrogen) atoms. The number of carboxylic acid groups (broad SMARTS) is 1. The van der Waals surface area contributed by atoms with Crippen molar-refractivity contribution in [1.82, 2.24) is 4.90 Å². The van der Waals surface area contributed by atoms with Gasteiger partial charge < -0.3 is 5.11 Å². The second-order valence-electron chi connectivity index (χ2n) is 7.09. The van der Waals surface area contributed by atoms with Crippen LogP contribution < -0.4 is 0 Å². The van der Waals surface area contributed by atoms with Crippen LogP contribution in [0.4, 0.5) is 0 Å². The van der Waals surface area contributed by atoms with Gasteiger partial charge in [-0.2, -0.15) is 0 Å². The molecule has 3 nitrogen and oxygen atoms in total. The van der Waals surface area contributed by atoms with Crippen LogP contribution in [0.5, 0.6) is 0 Å². The summed E-state index contributed by atoms with van der Waals surface area (Å²) >= 11 is 0. The molecule has 2 aliphatic rings. The monoisotopic (exact) mass is 267 g/mol. The summed E-state index contributed by atoms with van der Waals surface area (Å²) in [6.45, 7) is 6.95. The second-order valence-corrected chi connectivity index (χ2v) is 7.09. The smallest absolute Gasteiger partial charge is 0.303 e. The van der Waals surface area contributed by atoms with Crippen LogP contribution in [-0.4, -0.2) is 34.1 Å². The first-order valence-electron chi connectivity index (χ1n) is 7.96. The van der Waals surface area contributed by atoms with E-state index in [1.165, 1.54) is 25.7 Å². The minimum absolute atomic E-state index is 0.376. The largest absolute Gasteiger partial charge is 0.481 e. The van der Waals surface area contributed by atoms with Crippen molar-refractivity contribution in [1.29, 1.82) is 0 Å². The molecule has 1 N–H and O–H groups in total. The first-order chi connectivity index (χ1) is 8.97. The van der Waals surface area contributed by atoms with Gasteiger partial charge in [0, 0.05) is 24.5 Å². The maximum Gasteiger partial charge on any atom is 0.303 e. The molecule has 2 fully saturated rings. The van der Waals surface area contributed by atoms with Crippen LogP contribution in [0.2, 0.25) is 0 Å². The zero-order valence-electron chi connectivity index (χ0n) is 12.6. The Bertz CT molecular complexity index is 302. The molecule has 0 amide bonds. The number of hydrogen-bond acceptors (Lipinski definition) is 2. The molecule has 2 saturated heterocycles. The van der Waals surface area contributed by atoms with Crippen LogP contribution >= 0.6 is 0 Å². The average Bonchev–Trinajstić information content (AvgIpc) is 2.57. The average molecular weight is 267 g/mol. The van der Waals surface area contributed by atoms with Crippen LogP contribution in [0.25, 0.3) is 0 Å². The van der Waals surface area contributed by atoms with Gasteiger partial charge in [-0.25, -0.2) is 0 Å². The summed E-state index contributed by atoms with van der Waals surface area (Å²) < 4.78 is 0. The molecule has 3 atom stereocenters. The summed E-state index contributed by atoms with van der Waals surface area (Å²) in [5.74, 6) is 0.582. The Morgan fingerprint density at radius 1 is 1.16 bits per heavy atom. The highest BCUT2D eigenvalue weighted by Gasteiger charge is 2.42. The minimum atomic E-state index is -0.620. The van der Waals surface area contributed by atoms with Gasteiger partial charge in [0.05, 0.1) is 0 Å². The van der Waals surface area contributed by atoms with Gasteiger partial charge >= 0.3 is 5.97 Å². The van der Waals surface area contributed by atoms with Crippen molar-refractivity contribution in [3.05, 3.63) is 0 Å². The van der Waals surface area contributed by atoms with Gasteiger partial charge in [-0.15, -0.1) is 0 Å². The first kappa shape index (κ1) is 14.8. The number of piperidine rings is 1. The third kappa shape index (κ3) is 3.71. The van der Waals surface area contributed by atoms with E-state index in [4.69, 9.17) is 5.11 Å². The Morgan fingerprint density at radius 3 is 2.21 bits per heavy atom. The Hall–Kier alpha value is -0.570. The summed E-state index contributed by atoms with van der Waals surface area (Å²) in [6, 6.07) is 1.99. The molecule has 110 valence electrons. The van der Waals surface area contributed by atoms with Gasteiger partial charge in [0.25, 0.3) is 0 Å². The molecule has 0 radical (unpaired) electrons. The standard InChI is InChI=1S/C16H29NO2/c1-11(2)4-5-12(3)17-14-6-7-15(17)9-13(8-14)10-16(18)19/h11-15H,4-10H2,1-3H3,(H,18,19). The van der Waals surface area contributed by atoms with Crippen LogP contribution in [0.1, 0.15) is 65.7 Å². The zero-order chi connectivity index (χ0) is 14.0. The third-order valence-corrected chi connectivity index (χ3v) is 5.02. The molecule has 3 heteroatoms. The number of carboxylic acids is 1. The fourth-order valence-corrected chi connectivity index (χ4v) is 4.18. The highest BCUT2D eigenvalue weighted by atomic mass is 16.4. The summed E-state index contributed by atoms with van der Waals surface area (Å²) in [5, 5.41) is 8.97. The van der Waals surface area contributed by atoms with Gasteiger partial charge in [-0.1, -0.05) is 13.8 Å². The third-order valence-electron chi connectivity index (χ3n) is 5.02. The van der Waals surface area contributed by atoms with E-state index < -0.39 is 5.97 Å². The number of fused-ring (bicyclic) bond motifs is 2. The second kappa shape index (κ2) is 6.25. The Labute approximate surface area is 117 Å². The van der Waals surface area contributed by atoms with Crippen molar-refractivity contribution < 1.29 is 9.90 Å². The molecular formula is C16H29NO2. The zero-order valence-corrected chi connectivity index (χ0v) is 12.6. The summed E-state index contributed by atoms with van der Waals surface area (Å²) in [7, 11) is 0. The fourth-order valence-electron chi connectivity index (χ4n) is 4.18. The van der Waals surface area contributed by atoms with Gasteiger partial charge in [0.1, 0.15) is 0 Å². The molecule has 0 saturated carbocycles. The predicted octanol–water partition coefficient (Wildman–Crippen LogP) is 3.53. The molecule has 0 aliphatic carbocycles. The predicted molar refractivity (Wildman–Crippen MR) is 77.2 cm³/mol.